The van der Waals surface area contributed by atoms with Crippen LogP contribution in [0.5, 0.6) is 6.01 Å². The van der Waals surface area contributed by atoms with Crippen molar-refractivity contribution in [3.05, 3.63) is 23.2 Å². The molecule has 1 aromatic carbocycles. The molecule has 0 aliphatic rings. The summed E-state index contributed by atoms with van der Waals surface area (Å²) in [6, 6.07) is 5.43. The highest BCUT2D eigenvalue weighted by Crippen LogP contribution is 2.16. The molecule has 0 spiro atoms. The van der Waals surface area contributed by atoms with Crippen LogP contribution in [0.4, 0.5) is 0 Å². The van der Waals surface area contributed by atoms with Gasteiger partial charge in [-0.15, -0.1) is 16.7 Å². The van der Waals surface area contributed by atoms with Crippen LogP contribution in [0.25, 0.3) is 11.0 Å². The van der Waals surface area contributed by atoms with Crippen molar-refractivity contribution < 1.29 is 4.74 Å². The summed E-state index contributed by atoms with van der Waals surface area (Å²) < 4.78 is 5.14. The van der Waals surface area contributed by atoms with Gasteiger partial charge in [0.2, 0.25) is 0 Å². The molecule has 4 nitrogen and oxygen atoms in total. The number of benzene rings is 1. The summed E-state index contributed by atoms with van der Waals surface area (Å²) in [4.78, 5) is 4.14. The second-order valence-electron chi connectivity index (χ2n) is 2.76. The number of halogens is 2. The zero-order valence-corrected chi connectivity index (χ0v) is 9.16. The Kier molecular flexibility index (Phi) is 3.18. The number of aromatic nitrogens is 3. The molecule has 2 aromatic rings. The maximum atomic E-state index is 5.80. The topological polar surface area (TPSA) is 47.9 Å². The van der Waals surface area contributed by atoms with Crippen molar-refractivity contribution in [3.63, 3.8) is 0 Å². The fourth-order valence-electron chi connectivity index (χ4n) is 1.08. The van der Waals surface area contributed by atoms with Crippen LogP contribution in [0.2, 0.25) is 5.02 Å². The van der Waals surface area contributed by atoms with E-state index < -0.39 is 0 Å². The number of ether oxygens (including phenoxy) is 1. The summed E-state index contributed by atoms with van der Waals surface area (Å²) in [5, 5.41) is 8.32. The van der Waals surface area contributed by atoms with Gasteiger partial charge in [0.15, 0.2) is 0 Å². The molecule has 15 heavy (non-hydrogen) atoms. The minimum atomic E-state index is 0.227. The Hall–Kier alpha value is -1.13. The summed E-state index contributed by atoms with van der Waals surface area (Å²) in [6.07, 6.45) is 0. The van der Waals surface area contributed by atoms with Gasteiger partial charge in [0.25, 0.3) is 0 Å². The molecular formula is C9H7Cl2N3O. The van der Waals surface area contributed by atoms with E-state index in [4.69, 9.17) is 27.9 Å². The van der Waals surface area contributed by atoms with E-state index in [2.05, 4.69) is 15.2 Å². The Bertz CT molecular complexity index is 478. The maximum absolute atomic E-state index is 5.80. The molecule has 1 heterocycles. The zero-order valence-electron chi connectivity index (χ0n) is 7.65. The predicted molar refractivity (Wildman–Crippen MR) is 58.6 cm³/mol. The average molecular weight is 244 g/mol. The van der Waals surface area contributed by atoms with Gasteiger partial charge in [0.1, 0.15) is 12.1 Å². The third kappa shape index (κ3) is 2.46. The van der Waals surface area contributed by atoms with Crippen molar-refractivity contribution in [3.8, 4) is 6.01 Å². The highest BCUT2D eigenvalue weighted by molar-refractivity contribution is 6.31. The molecule has 0 bridgehead atoms. The van der Waals surface area contributed by atoms with Crippen molar-refractivity contribution >= 4 is 34.2 Å². The van der Waals surface area contributed by atoms with Crippen molar-refractivity contribution in [2.45, 2.75) is 0 Å². The number of nitrogens with zero attached hydrogens (tertiary/aromatic N) is 3. The van der Waals surface area contributed by atoms with Crippen molar-refractivity contribution in [2.24, 2.45) is 0 Å². The van der Waals surface area contributed by atoms with Gasteiger partial charge in [-0.25, -0.2) is 0 Å². The Labute approximate surface area is 96.2 Å². The highest BCUT2D eigenvalue weighted by Gasteiger charge is 2.02. The largest absolute Gasteiger partial charge is 0.461 e. The Balaban J connectivity index is 2.34. The van der Waals surface area contributed by atoms with Crippen LogP contribution >= 0.6 is 23.2 Å². The molecule has 0 atom stereocenters. The van der Waals surface area contributed by atoms with Crippen LogP contribution in [0.3, 0.4) is 0 Å². The molecule has 0 fully saturated rings. The number of fused-ring (bicyclic) bond motifs is 1. The van der Waals surface area contributed by atoms with Gasteiger partial charge in [-0.3, -0.25) is 0 Å². The minimum Gasteiger partial charge on any atom is -0.461 e. The van der Waals surface area contributed by atoms with Gasteiger partial charge in [-0.1, -0.05) is 16.7 Å². The summed E-state index contributed by atoms with van der Waals surface area (Å²) in [7, 11) is 0. The number of hydrogen-bond acceptors (Lipinski definition) is 4. The fourth-order valence-corrected chi connectivity index (χ4v) is 1.33. The van der Waals surface area contributed by atoms with Gasteiger partial charge in [0.05, 0.1) is 11.4 Å². The molecule has 0 saturated heterocycles. The van der Waals surface area contributed by atoms with E-state index in [0.717, 1.165) is 0 Å². The molecule has 0 aliphatic carbocycles. The van der Waals surface area contributed by atoms with Gasteiger partial charge in [-0.2, -0.15) is 4.98 Å². The Morgan fingerprint density at radius 1 is 1.20 bits per heavy atom. The third-order valence-corrected chi connectivity index (χ3v) is 2.09. The SMILES string of the molecule is ClCCOc1nnc2cc(Cl)ccc2n1. The van der Waals surface area contributed by atoms with Crippen molar-refractivity contribution in [1.29, 1.82) is 0 Å². The molecule has 6 heteroatoms. The van der Waals surface area contributed by atoms with Crippen LogP contribution in [-0.4, -0.2) is 27.7 Å². The van der Waals surface area contributed by atoms with Crippen molar-refractivity contribution in [2.75, 3.05) is 12.5 Å². The number of hydrogen-bond donors (Lipinski definition) is 0. The maximum Gasteiger partial charge on any atom is 0.336 e. The van der Waals surface area contributed by atoms with E-state index in [1.807, 2.05) is 0 Å². The Morgan fingerprint density at radius 3 is 2.87 bits per heavy atom. The van der Waals surface area contributed by atoms with Gasteiger partial charge in [0, 0.05) is 5.02 Å². The molecular weight excluding hydrogens is 237 g/mol. The normalized spacial score (nSPS) is 10.5. The highest BCUT2D eigenvalue weighted by atomic mass is 35.5. The molecule has 0 amide bonds. The van der Waals surface area contributed by atoms with Gasteiger partial charge < -0.3 is 4.74 Å². The summed E-state index contributed by atoms with van der Waals surface area (Å²) in [6.45, 7) is 0.363. The molecule has 0 unspecified atom stereocenters. The predicted octanol–water partition coefficient (Wildman–Crippen LogP) is 2.30. The van der Waals surface area contributed by atoms with E-state index in [0.29, 0.717) is 28.5 Å². The summed E-state index contributed by atoms with van der Waals surface area (Å²) in [5.74, 6) is 0.391. The molecule has 0 aliphatic heterocycles. The molecule has 0 saturated carbocycles. The molecule has 0 radical (unpaired) electrons. The standard InChI is InChI=1S/C9H7Cl2N3O/c10-3-4-15-9-12-7-2-1-6(11)5-8(7)13-14-9/h1-2,5H,3-4H2. The zero-order chi connectivity index (χ0) is 10.7. The van der Waals surface area contributed by atoms with Crippen LogP contribution in [0.15, 0.2) is 18.2 Å². The lowest BCUT2D eigenvalue weighted by atomic mass is 10.3. The quantitative estimate of drug-likeness (QED) is 0.777. The van der Waals surface area contributed by atoms with Crippen molar-refractivity contribution in [1.82, 2.24) is 15.2 Å². The molecule has 78 valence electrons. The van der Waals surface area contributed by atoms with E-state index in [1.54, 1.807) is 18.2 Å². The van der Waals surface area contributed by atoms with Crippen LogP contribution in [0, 0.1) is 0 Å². The lowest BCUT2D eigenvalue weighted by Gasteiger charge is -2.01. The molecule has 1 aromatic heterocycles. The van der Waals surface area contributed by atoms with E-state index >= 15 is 0 Å². The Morgan fingerprint density at radius 2 is 2.07 bits per heavy atom. The summed E-state index contributed by atoms with van der Waals surface area (Å²) in [5.41, 5.74) is 1.33. The lowest BCUT2D eigenvalue weighted by molar-refractivity contribution is 0.312. The lowest BCUT2D eigenvalue weighted by Crippen LogP contribution is -2.03. The summed E-state index contributed by atoms with van der Waals surface area (Å²) >= 11 is 11.3. The van der Waals surface area contributed by atoms with Crippen LogP contribution in [0.1, 0.15) is 0 Å². The second-order valence-corrected chi connectivity index (χ2v) is 3.58. The third-order valence-electron chi connectivity index (χ3n) is 1.71. The van der Waals surface area contributed by atoms with Crippen LogP contribution < -0.4 is 4.74 Å². The first-order chi connectivity index (χ1) is 7.29. The smallest absolute Gasteiger partial charge is 0.336 e. The number of rotatable bonds is 3. The van der Waals surface area contributed by atoms with E-state index in [1.165, 1.54) is 0 Å². The first kappa shape index (κ1) is 10.4. The first-order valence-electron chi connectivity index (χ1n) is 4.28. The van der Waals surface area contributed by atoms with E-state index in [9.17, 15) is 0 Å². The second kappa shape index (κ2) is 4.59. The van der Waals surface area contributed by atoms with Crippen LogP contribution in [-0.2, 0) is 0 Å². The monoisotopic (exact) mass is 243 g/mol. The fraction of sp³-hybridized carbons (Fsp3) is 0.222. The number of alkyl halides is 1. The molecule has 0 N–H and O–H groups in total. The molecule has 2 rings (SSSR count). The van der Waals surface area contributed by atoms with Gasteiger partial charge in [-0.05, 0) is 18.2 Å². The average Bonchev–Trinajstić information content (AvgIpc) is 2.26. The van der Waals surface area contributed by atoms with Gasteiger partial charge >= 0.3 is 6.01 Å². The minimum absolute atomic E-state index is 0.227. The first-order valence-corrected chi connectivity index (χ1v) is 5.19. The van der Waals surface area contributed by atoms with E-state index in [-0.39, 0.29) is 6.01 Å².